The van der Waals surface area contributed by atoms with Gasteiger partial charge in [0.1, 0.15) is 11.6 Å². The van der Waals surface area contributed by atoms with E-state index < -0.39 is 45.7 Å². The molecule has 6 rings (SSSR count). The molecule has 322 valence electrons. The molecule has 3 unspecified atom stereocenters. The molecule has 60 heavy (non-hydrogen) atoms. The number of amides is 4. The predicted octanol–water partition coefficient (Wildman–Crippen LogP) is 8.25. The van der Waals surface area contributed by atoms with Crippen LogP contribution in [0.25, 0.3) is 33.6 Å². The molecule has 14 nitrogen and oxygen atoms in total. The number of rotatable bonds is 15. The van der Waals surface area contributed by atoms with E-state index in [2.05, 4.69) is 32.7 Å². The van der Waals surface area contributed by atoms with Gasteiger partial charge in [-0.25, -0.2) is 19.6 Å². The number of hydrogen-bond acceptors (Lipinski definition) is 8. The first-order valence-electron chi connectivity index (χ1n) is 20.9. The van der Waals surface area contributed by atoms with Crippen molar-refractivity contribution in [1.29, 1.82) is 0 Å². The molecule has 0 aliphatic heterocycles. The Morgan fingerprint density at radius 2 is 1.10 bits per heavy atom. The Kier molecular flexibility index (Phi) is 12.0. The second-order valence-corrected chi connectivity index (χ2v) is 18.5. The molecule has 0 bridgehead atoms. The molecule has 4 aromatic rings. The van der Waals surface area contributed by atoms with Crippen molar-refractivity contribution in [2.24, 2.45) is 16.2 Å². The zero-order valence-electron chi connectivity index (χ0n) is 37.0. The van der Waals surface area contributed by atoms with Gasteiger partial charge in [0.15, 0.2) is 11.2 Å². The monoisotopic (exact) mass is 822 g/mol. The van der Waals surface area contributed by atoms with Crippen LogP contribution in [0.3, 0.4) is 0 Å². The molecule has 2 aliphatic rings. The van der Waals surface area contributed by atoms with Crippen LogP contribution in [0.4, 0.5) is 9.59 Å². The Labute approximate surface area is 353 Å². The van der Waals surface area contributed by atoms with E-state index in [4.69, 9.17) is 19.4 Å². The van der Waals surface area contributed by atoms with Crippen LogP contribution in [-0.2, 0) is 25.6 Å². The summed E-state index contributed by atoms with van der Waals surface area (Å²) in [5.74, 6) is 0.578. The van der Waals surface area contributed by atoms with Crippen LogP contribution in [0.5, 0.6) is 0 Å². The Balaban J connectivity index is 1.11. The molecular formula is C46H62N8O6. The Bertz CT molecular complexity index is 2190. The maximum atomic E-state index is 14.2. The van der Waals surface area contributed by atoms with Gasteiger partial charge < -0.3 is 39.9 Å². The Hall–Kier alpha value is -5.66. The fourth-order valence-corrected chi connectivity index (χ4v) is 8.02. The summed E-state index contributed by atoms with van der Waals surface area (Å²) in [6.07, 6.45) is 6.53. The zero-order valence-corrected chi connectivity index (χ0v) is 37.0. The van der Waals surface area contributed by atoms with Gasteiger partial charge in [0, 0.05) is 62.5 Å². The van der Waals surface area contributed by atoms with E-state index in [0.29, 0.717) is 24.5 Å². The average Bonchev–Trinajstić information content (AvgIpc) is 4.01. The minimum atomic E-state index is -1.30. The summed E-state index contributed by atoms with van der Waals surface area (Å²) in [7, 11) is 6.45. The fraction of sp³-hybridized carbons (Fsp3) is 0.522. The van der Waals surface area contributed by atoms with Gasteiger partial charge in [-0.3, -0.25) is 9.59 Å². The third-order valence-electron chi connectivity index (χ3n) is 12.7. The molecule has 0 spiro atoms. The van der Waals surface area contributed by atoms with Gasteiger partial charge in [-0.1, -0.05) is 97.0 Å². The maximum absolute atomic E-state index is 14.2. The number of ether oxygens (including phenoxy) is 2. The largest absolute Gasteiger partial charge is 0.432 e. The number of hydrogen-bond donors (Lipinski definition) is 4. The predicted molar refractivity (Wildman–Crippen MR) is 230 cm³/mol. The van der Waals surface area contributed by atoms with Crippen molar-refractivity contribution < 1.29 is 28.7 Å². The van der Waals surface area contributed by atoms with Crippen molar-refractivity contribution >= 4 is 24.0 Å². The van der Waals surface area contributed by atoms with E-state index in [1.165, 1.54) is 9.80 Å². The lowest BCUT2D eigenvalue weighted by atomic mass is 9.80. The minimum Gasteiger partial charge on any atom is -0.432 e. The van der Waals surface area contributed by atoms with Gasteiger partial charge in [0.05, 0.1) is 24.0 Å². The van der Waals surface area contributed by atoms with Crippen LogP contribution in [0.15, 0.2) is 60.9 Å². The summed E-state index contributed by atoms with van der Waals surface area (Å²) in [5, 5.41) is 6.20. The molecular weight excluding hydrogens is 761 g/mol. The molecule has 2 aromatic heterocycles. The first-order valence-corrected chi connectivity index (χ1v) is 20.9. The van der Waals surface area contributed by atoms with Gasteiger partial charge >= 0.3 is 12.2 Å². The lowest BCUT2D eigenvalue weighted by Gasteiger charge is -2.40. The summed E-state index contributed by atoms with van der Waals surface area (Å²) in [4.78, 5) is 72.0. The Morgan fingerprint density at radius 3 is 1.52 bits per heavy atom. The quantitative estimate of drug-likeness (QED) is 0.0928. The molecule has 4 N–H and O–H groups in total. The summed E-state index contributed by atoms with van der Waals surface area (Å²) >= 11 is 0. The van der Waals surface area contributed by atoms with Crippen LogP contribution in [-0.4, -0.2) is 93.1 Å². The van der Waals surface area contributed by atoms with E-state index >= 15 is 0 Å². The summed E-state index contributed by atoms with van der Waals surface area (Å²) in [6, 6.07) is 15.8. The third kappa shape index (κ3) is 8.51. The molecule has 2 aliphatic carbocycles. The molecule has 2 fully saturated rings. The Morgan fingerprint density at radius 1 is 0.683 bits per heavy atom. The highest BCUT2D eigenvalue weighted by molar-refractivity contribution is 5.90. The number of aromatic nitrogens is 4. The molecule has 2 aromatic carbocycles. The van der Waals surface area contributed by atoms with Crippen LogP contribution >= 0.6 is 0 Å². The number of aromatic amines is 2. The number of nitrogens with one attached hydrogen (secondary N) is 4. The van der Waals surface area contributed by atoms with Crippen molar-refractivity contribution in [3.63, 3.8) is 0 Å². The highest BCUT2D eigenvalue weighted by Gasteiger charge is 2.64. The van der Waals surface area contributed by atoms with Crippen molar-refractivity contribution in [1.82, 2.24) is 40.4 Å². The van der Waals surface area contributed by atoms with Gasteiger partial charge in [0.2, 0.25) is 0 Å². The normalized spacial score (nSPS) is 17.6. The molecule has 3 atom stereocenters. The van der Waals surface area contributed by atoms with E-state index in [1.54, 1.807) is 28.2 Å². The first-order chi connectivity index (χ1) is 28.2. The lowest BCUT2D eigenvalue weighted by Crippen LogP contribution is -2.57. The second-order valence-electron chi connectivity index (χ2n) is 18.5. The average molecular weight is 823 g/mol. The molecule has 2 saturated carbocycles. The maximum Gasteiger partial charge on any atom is 0.410 e. The van der Waals surface area contributed by atoms with Gasteiger partial charge in [-0.15, -0.1) is 0 Å². The minimum absolute atomic E-state index is 0.164. The van der Waals surface area contributed by atoms with E-state index in [9.17, 15) is 19.2 Å². The topological polar surface area (TPSA) is 175 Å². The molecule has 4 amide bonds. The highest BCUT2D eigenvalue weighted by atomic mass is 16.6. The number of carbonyl (C=O) groups is 4. The standard InChI is InChI=1S/C46H62N8O6/c1-12-45(43(6)22-23-43,59-40(57)53(8)9)38(55)49-28-35-47-26-33(50-35)31-18-14-29(15-19-31)30-16-20-32(21-17-30)34-27-48-37(51-34)36(42(3,4)5)52-39(56)46(13-2,44(7)24-25-44)60-41(58)54(10)11/h14-21,26-27,36H,12-13,22-25,28H2,1-11H3,(H,47,50)(H,48,51)(H,49,55)(H,52,56). The van der Waals surface area contributed by atoms with E-state index in [0.717, 1.165) is 59.3 Å². The highest BCUT2D eigenvalue weighted by Crippen LogP contribution is 2.58. The molecule has 2 heterocycles. The van der Waals surface area contributed by atoms with E-state index in [1.807, 2.05) is 97.3 Å². The van der Waals surface area contributed by atoms with Crippen molar-refractivity contribution in [2.45, 2.75) is 111 Å². The first kappa shape index (κ1) is 43.9. The van der Waals surface area contributed by atoms with Crippen molar-refractivity contribution in [3.05, 3.63) is 72.6 Å². The van der Waals surface area contributed by atoms with Crippen LogP contribution in [0.1, 0.15) is 105 Å². The second kappa shape index (κ2) is 16.4. The zero-order chi connectivity index (χ0) is 43.8. The van der Waals surface area contributed by atoms with Crippen LogP contribution in [0.2, 0.25) is 0 Å². The van der Waals surface area contributed by atoms with Crippen LogP contribution in [0, 0.1) is 16.2 Å². The van der Waals surface area contributed by atoms with E-state index in [-0.39, 0.29) is 18.4 Å². The molecule has 14 heteroatoms. The fourth-order valence-electron chi connectivity index (χ4n) is 8.02. The van der Waals surface area contributed by atoms with Gasteiger partial charge in [0.25, 0.3) is 11.8 Å². The van der Waals surface area contributed by atoms with Crippen molar-refractivity contribution in [2.75, 3.05) is 28.2 Å². The smallest absolute Gasteiger partial charge is 0.410 e. The molecule has 0 saturated heterocycles. The summed E-state index contributed by atoms with van der Waals surface area (Å²) in [5.41, 5.74) is 1.56. The number of carbonyl (C=O) groups excluding carboxylic acids is 4. The van der Waals surface area contributed by atoms with Crippen molar-refractivity contribution in [3.8, 4) is 33.6 Å². The lowest BCUT2D eigenvalue weighted by molar-refractivity contribution is -0.151. The van der Waals surface area contributed by atoms with Crippen LogP contribution < -0.4 is 10.6 Å². The van der Waals surface area contributed by atoms with Gasteiger partial charge in [-0.05, 0) is 55.1 Å². The number of imidazole rings is 2. The number of nitrogens with zero attached hydrogens (tertiary/aromatic N) is 4. The van der Waals surface area contributed by atoms with Gasteiger partial charge in [-0.2, -0.15) is 0 Å². The summed E-state index contributed by atoms with van der Waals surface area (Å²) < 4.78 is 11.9. The molecule has 0 radical (unpaired) electrons. The third-order valence-corrected chi connectivity index (χ3v) is 12.7. The number of H-pyrrole nitrogens is 2. The summed E-state index contributed by atoms with van der Waals surface area (Å²) in [6.45, 7) is 14.1. The number of benzene rings is 2. The SMILES string of the molecule is CCC(OC(=O)N(C)C)(C(=O)NCc1nc(-c2ccc(-c3ccc(-c4c[nH]c(C(NC(=O)C(CC)(OC(=O)N(C)C)C5(C)CC5)C(C)(C)C)n4)cc3)cc2)c[nH]1)C1(C)CC1.